The monoisotopic (exact) mass is 240 g/mol. The molecule has 78 valence electrons. The van der Waals surface area contributed by atoms with Gasteiger partial charge in [-0.15, -0.1) is 0 Å². The van der Waals surface area contributed by atoms with Crippen molar-refractivity contribution in [1.29, 1.82) is 0 Å². The highest BCUT2D eigenvalue weighted by atomic mass is 35.5. The fraction of sp³-hybridized carbons (Fsp3) is 0.111. The highest BCUT2D eigenvalue weighted by molar-refractivity contribution is 6.99. The number of nitrogens with two attached hydrogens (primary N) is 1. The number of nitrogens with one attached hydrogen (secondary N) is 1. The van der Waals surface area contributed by atoms with Gasteiger partial charge in [0.15, 0.2) is 0 Å². The second kappa shape index (κ2) is 4.67. The van der Waals surface area contributed by atoms with Gasteiger partial charge >= 0.3 is 0 Å². The number of hydrogen-bond donors (Lipinski definition) is 2. The molecule has 0 aliphatic heterocycles. The lowest BCUT2D eigenvalue weighted by molar-refractivity contribution is 0.625. The maximum absolute atomic E-state index is 6.07. The average molecular weight is 241 g/mol. The minimum absolute atomic E-state index is 0.211. The van der Waals surface area contributed by atoms with Crippen molar-refractivity contribution in [2.75, 3.05) is 0 Å². The van der Waals surface area contributed by atoms with Gasteiger partial charge in [-0.3, -0.25) is 5.84 Å². The van der Waals surface area contributed by atoms with Crippen LogP contribution in [0.15, 0.2) is 30.5 Å². The lowest BCUT2D eigenvalue weighted by Gasteiger charge is -2.14. The first-order valence-electron chi connectivity index (χ1n) is 4.31. The minimum Gasteiger partial charge on any atom is -0.271 e. The van der Waals surface area contributed by atoms with E-state index in [0.29, 0.717) is 5.02 Å². The van der Waals surface area contributed by atoms with E-state index in [4.69, 9.17) is 17.4 Å². The van der Waals surface area contributed by atoms with Crippen molar-refractivity contribution in [3.8, 4) is 0 Å². The number of rotatable bonds is 3. The van der Waals surface area contributed by atoms with E-state index in [1.807, 2.05) is 24.3 Å². The Hall–Kier alpha value is -1.01. The van der Waals surface area contributed by atoms with E-state index in [1.54, 1.807) is 6.20 Å². The van der Waals surface area contributed by atoms with Gasteiger partial charge in [0.05, 0.1) is 29.7 Å². The van der Waals surface area contributed by atoms with Gasteiger partial charge in [-0.05, 0) is 11.6 Å². The molecule has 0 aliphatic rings. The molecule has 1 aromatic carbocycles. The molecule has 0 radical (unpaired) electrons. The summed E-state index contributed by atoms with van der Waals surface area (Å²) in [5, 5.41) is 0.661. The van der Waals surface area contributed by atoms with Crippen molar-refractivity contribution in [2.24, 2.45) is 5.84 Å². The Labute approximate surface area is 96.4 Å². The molecular weight excluding hydrogens is 232 g/mol. The van der Waals surface area contributed by atoms with Crippen LogP contribution in [0.4, 0.5) is 0 Å². The van der Waals surface area contributed by atoms with Crippen LogP contribution in [-0.2, 0) is 0 Å². The molecule has 2 aromatic rings. The lowest BCUT2D eigenvalue weighted by Crippen LogP contribution is -2.29. The summed E-state index contributed by atoms with van der Waals surface area (Å²) in [5.41, 5.74) is 4.35. The first-order chi connectivity index (χ1) is 7.33. The highest BCUT2D eigenvalue weighted by Crippen LogP contribution is 2.26. The van der Waals surface area contributed by atoms with Crippen LogP contribution >= 0.6 is 23.3 Å². The summed E-state index contributed by atoms with van der Waals surface area (Å²) in [6.07, 6.45) is 1.68. The van der Waals surface area contributed by atoms with Gasteiger partial charge in [-0.25, -0.2) is 5.43 Å². The number of aromatic nitrogens is 2. The Balaban J connectivity index is 2.40. The molecular formula is C9H9ClN4S. The molecule has 15 heavy (non-hydrogen) atoms. The lowest BCUT2D eigenvalue weighted by atomic mass is 10.1. The second-order valence-corrected chi connectivity index (χ2v) is 3.92. The van der Waals surface area contributed by atoms with E-state index >= 15 is 0 Å². The molecule has 1 atom stereocenters. The van der Waals surface area contributed by atoms with Crippen LogP contribution in [0.2, 0.25) is 5.02 Å². The van der Waals surface area contributed by atoms with Gasteiger partial charge in [-0.2, -0.15) is 8.75 Å². The molecule has 1 unspecified atom stereocenters. The van der Waals surface area contributed by atoms with Crippen LogP contribution in [0.25, 0.3) is 0 Å². The van der Waals surface area contributed by atoms with Gasteiger partial charge in [0.25, 0.3) is 0 Å². The zero-order valence-electron chi connectivity index (χ0n) is 7.72. The van der Waals surface area contributed by atoms with Crippen molar-refractivity contribution in [1.82, 2.24) is 14.2 Å². The topological polar surface area (TPSA) is 63.8 Å². The van der Waals surface area contributed by atoms with E-state index in [-0.39, 0.29) is 6.04 Å². The Bertz CT molecular complexity index is 431. The quantitative estimate of drug-likeness (QED) is 0.634. The van der Waals surface area contributed by atoms with Crippen molar-refractivity contribution >= 4 is 23.3 Å². The maximum atomic E-state index is 6.07. The summed E-state index contributed by atoms with van der Waals surface area (Å²) in [6, 6.07) is 7.30. The average Bonchev–Trinajstić information content (AvgIpc) is 2.75. The molecule has 3 N–H and O–H groups in total. The fourth-order valence-electron chi connectivity index (χ4n) is 1.34. The van der Waals surface area contributed by atoms with Crippen molar-refractivity contribution in [3.63, 3.8) is 0 Å². The number of hydrazine groups is 1. The fourth-order valence-corrected chi connectivity index (χ4v) is 2.04. The molecule has 4 nitrogen and oxygen atoms in total. The third-order valence-electron chi connectivity index (χ3n) is 2.06. The third-order valence-corrected chi connectivity index (χ3v) is 2.89. The molecule has 0 bridgehead atoms. The number of halogens is 1. The van der Waals surface area contributed by atoms with E-state index < -0.39 is 0 Å². The summed E-state index contributed by atoms with van der Waals surface area (Å²) < 4.78 is 8.07. The van der Waals surface area contributed by atoms with Crippen LogP contribution in [0.5, 0.6) is 0 Å². The molecule has 0 spiro atoms. The van der Waals surface area contributed by atoms with Crippen LogP contribution in [0.1, 0.15) is 17.3 Å². The number of nitrogens with zero attached hydrogens (tertiary/aromatic N) is 2. The summed E-state index contributed by atoms with van der Waals surface area (Å²) in [5.74, 6) is 5.49. The van der Waals surface area contributed by atoms with Crippen LogP contribution in [0, 0.1) is 0 Å². The highest BCUT2D eigenvalue weighted by Gasteiger charge is 2.17. The van der Waals surface area contributed by atoms with Gasteiger partial charge in [-0.1, -0.05) is 29.8 Å². The zero-order valence-corrected chi connectivity index (χ0v) is 9.29. The largest absolute Gasteiger partial charge is 0.271 e. The molecule has 6 heteroatoms. The standard InChI is InChI=1S/C9H9ClN4S/c10-7-4-2-1-3-6(7)9(13-11)8-5-12-15-14-8/h1-5,9,13H,11H2. The predicted molar refractivity (Wildman–Crippen MR) is 60.5 cm³/mol. The van der Waals surface area contributed by atoms with Crippen LogP contribution in [0.3, 0.4) is 0 Å². The molecule has 0 aliphatic carbocycles. The normalized spacial score (nSPS) is 12.7. The zero-order chi connectivity index (χ0) is 10.7. The van der Waals surface area contributed by atoms with Gasteiger partial charge in [0.2, 0.25) is 0 Å². The molecule has 0 saturated carbocycles. The predicted octanol–water partition coefficient (Wildman–Crippen LogP) is 1.74. The molecule has 1 aromatic heterocycles. The van der Waals surface area contributed by atoms with E-state index in [0.717, 1.165) is 23.0 Å². The van der Waals surface area contributed by atoms with E-state index in [1.165, 1.54) is 0 Å². The van der Waals surface area contributed by atoms with Gasteiger partial charge in [0.1, 0.15) is 0 Å². The van der Waals surface area contributed by atoms with E-state index in [9.17, 15) is 0 Å². The summed E-state index contributed by atoms with van der Waals surface area (Å²) in [6.45, 7) is 0. The van der Waals surface area contributed by atoms with Crippen molar-refractivity contribution < 1.29 is 0 Å². The first kappa shape index (κ1) is 10.5. The Kier molecular flexibility index (Phi) is 3.27. The SMILES string of the molecule is NNC(c1cnsn1)c1ccccc1Cl. The number of benzene rings is 1. The van der Waals surface area contributed by atoms with Crippen LogP contribution < -0.4 is 11.3 Å². The first-order valence-corrected chi connectivity index (χ1v) is 5.41. The smallest absolute Gasteiger partial charge is 0.0971 e. The molecule has 0 fully saturated rings. The Morgan fingerprint density at radius 2 is 2.20 bits per heavy atom. The summed E-state index contributed by atoms with van der Waals surface area (Å²) in [7, 11) is 0. The van der Waals surface area contributed by atoms with Crippen molar-refractivity contribution in [3.05, 3.63) is 46.7 Å². The molecule has 2 rings (SSSR count). The molecule has 0 amide bonds. The maximum Gasteiger partial charge on any atom is 0.0971 e. The summed E-state index contributed by atoms with van der Waals surface area (Å²) in [4.78, 5) is 0. The third kappa shape index (κ3) is 2.15. The minimum atomic E-state index is -0.211. The second-order valence-electron chi connectivity index (χ2n) is 2.95. The van der Waals surface area contributed by atoms with Gasteiger partial charge in [0, 0.05) is 5.02 Å². The van der Waals surface area contributed by atoms with Gasteiger partial charge < -0.3 is 0 Å². The Morgan fingerprint density at radius 3 is 2.80 bits per heavy atom. The van der Waals surface area contributed by atoms with E-state index in [2.05, 4.69) is 14.2 Å². The number of hydrogen-bond acceptors (Lipinski definition) is 5. The van der Waals surface area contributed by atoms with Crippen LogP contribution in [-0.4, -0.2) is 8.75 Å². The molecule has 0 saturated heterocycles. The Morgan fingerprint density at radius 1 is 1.40 bits per heavy atom. The summed E-state index contributed by atoms with van der Waals surface area (Å²) >= 11 is 7.22. The van der Waals surface area contributed by atoms with Crippen molar-refractivity contribution in [2.45, 2.75) is 6.04 Å². The molecule has 1 heterocycles.